The standard InChI is InChI=1S/C31H33N3O3/c1-22(35)34-18-16-31(17-19-34,24-8-4-3-5-9-24)30(36)33-20-27(23-12-14-25(37-2)15-13-23)28-21-32-29-11-7-6-10-26(28)29/h3-15,21,27,32H,16-20H2,1-2H3,(H,33,36). The molecule has 190 valence electrons. The van der Waals surface area contributed by atoms with Gasteiger partial charge in [0.2, 0.25) is 11.8 Å². The minimum atomic E-state index is -0.669. The van der Waals surface area contributed by atoms with E-state index in [1.807, 2.05) is 65.7 Å². The van der Waals surface area contributed by atoms with Crippen LogP contribution in [0.15, 0.2) is 85.1 Å². The molecule has 0 saturated carbocycles. The van der Waals surface area contributed by atoms with Gasteiger partial charge in [-0.1, -0.05) is 60.7 Å². The number of nitrogens with one attached hydrogen (secondary N) is 2. The van der Waals surface area contributed by atoms with E-state index in [0.717, 1.165) is 33.3 Å². The average Bonchev–Trinajstić information content (AvgIpc) is 3.38. The van der Waals surface area contributed by atoms with Gasteiger partial charge in [-0.05, 0) is 47.7 Å². The van der Waals surface area contributed by atoms with Crippen LogP contribution in [0.1, 0.15) is 42.4 Å². The molecule has 1 fully saturated rings. The first-order chi connectivity index (χ1) is 18.0. The van der Waals surface area contributed by atoms with Crippen LogP contribution in [0.5, 0.6) is 5.75 Å². The number of piperidine rings is 1. The third-order valence-corrected chi connectivity index (χ3v) is 7.80. The molecule has 0 radical (unpaired) electrons. The van der Waals surface area contributed by atoms with Gasteiger partial charge in [0.15, 0.2) is 0 Å². The van der Waals surface area contributed by atoms with Crippen molar-refractivity contribution in [2.24, 2.45) is 0 Å². The number of rotatable bonds is 7. The fourth-order valence-corrected chi connectivity index (χ4v) is 5.60. The predicted octanol–water partition coefficient (Wildman–Crippen LogP) is 5.00. The molecule has 1 atom stereocenters. The van der Waals surface area contributed by atoms with Gasteiger partial charge in [0.1, 0.15) is 5.75 Å². The molecule has 6 heteroatoms. The number of aromatic nitrogens is 1. The largest absolute Gasteiger partial charge is 0.497 e. The zero-order valence-corrected chi connectivity index (χ0v) is 21.4. The number of methoxy groups -OCH3 is 1. The first-order valence-corrected chi connectivity index (χ1v) is 12.8. The van der Waals surface area contributed by atoms with E-state index in [1.165, 1.54) is 0 Å². The molecule has 5 rings (SSSR count). The summed E-state index contributed by atoms with van der Waals surface area (Å²) in [5.74, 6) is 0.822. The number of ether oxygens (including phenoxy) is 1. The first kappa shape index (κ1) is 24.6. The fourth-order valence-electron chi connectivity index (χ4n) is 5.60. The fraction of sp³-hybridized carbons (Fsp3) is 0.290. The number of aromatic amines is 1. The maximum absolute atomic E-state index is 14.0. The Kier molecular flexibility index (Phi) is 6.99. The maximum Gasteiger partial charge on any atom is 0.230 e. The van der Waals surface area contributed by atoms with Crippen LogP contribution >= 0.6 is 0 Å². The Morgan fingerprint density at radius 2 is 1.65 bits per heavy atom. The number of para-hydroxylation sites is 1. The summed E-state index contributed by atoms with van der Waals surface area (Å²) < 4.78 is 5.37. The molecule has 1 saturated heterocycles. The number of H-pyrrole nitrogens is 1. The summed E-state index contributed by atoms with van der Waals surface area (Å²) in [5.41, 5.74) is 3.65. The number of hydrogen-bond acceptors (Lipinski definition) is 3. The van der Waals surface area contributed by atoms with Crippen molar-refractivity contribution in [1.82, 2.24) is 15.2 Å². The van der Waals surface area contributed by atoms with Crippen molar-refractivity contribution in [3.8, 4) is 5.75 Å². The number of carbonyl (C=O) groups is 2. The monoisotopic (exact) mass is 495 g/mol. The molecular formula is C31H33N3O3. The van der Waals surface area contributed by atoms with E-state index in [1.54, 1.807) is 14.0 Å². The number of carbonyl (C=O) groups excluding carboxylic acids is 2. The van der Waals surface area contributed by atoms with Crippen molar-refractivity contribution < 1.29 is 14.3 Å². The van der Waals surface area contributed by atoms with Crippen LogP contribution < -0.4 is 10.1 Å². The smallest absolute Gasteiger partial charge is 0.230 e. The van der Waals surface area contributed by atoms with E-state index < -0.39 is 5.41 Å². The number of nitrogens with zero attached hydrogens (tertiary/aromatic N) is 1. The summed E-state index contributed by atoms with van der Waals surface area (Å²) in [4.78, 5) is 31.2. The molecule has 37 heavy (non-hydrogen) atoms. The molecule has 0 aliphatic carbocycles. The summed E-state index contributed by atoms with van der Waals surface area (Å²) in [7, 11) is 1.66. The second kappa shape index (κ2) is 10.5. The number of amides is 2. The Bertz CT molecular complexity index is 1370. The second-order valence-electron chi connectivity index (χ2n) is 9.78. The van der Waals surface area contributed by atoms with Crippen LogP contribution in [0.3, 0.4) is 0 Å². The van der Waals surface area contributed by atoms with Gasteiger partial charge in [0, 0.05) is 49.6 Å². The Morgan fingerprint density at radius 1 is 0.973 bits per heavy atom. The SMILES string of the molecule is COc1ccc(C(CNC(=O)C2(c3ccccc3)CCN(C(C)=O)CC2)c2c[nH]c3ccccc23)cc1. The van der Waals surface area contributed by atoms with E-state index >= 15 is 0 Å². The van der Waals surface area contributed by atoms with Crippen LogP contribution in [-0.4, -0.2) is 48.4 Å². The Morgan fingerprint density at radius 3 is 2.32 bits per heavy atom. The van der Waals surface area contributed by atoms with E-state index in [0.29, 0.717) is 32.5 Å². The molecule has 2 amide bonds. The molecule has 2 heterocycles. The van der Waals surface area contributed by atoms with Crippen molar-refractivity contribution in [2.75, 3.05) is 26.7 Å². The molecule has 2 N–H and O–H groups in total. The van der Waals surface area contributed by atoms with Gasteiger partial charge >= 0.3 is 0 Å². The van der Waals surface area contributed by atoms with E-state index in [4.69, 9.17) is 4.74 Å². The van der Waals surface area contributed by atoms with Gasteiger partial charge in [-0.2, -0.15) is 0 Å². The minimum absolute atomic E-state index is 0.0141. The molecule has 6 nitrogen and oxygen atoms in total. The molecule has 1 aliphatic heterocycles. The van der Waals surface area contributed by atoms with Gasteiger partial charge in [0.05, 0.1) is 12.5 Å². The van der Waals surface area contributed by atoms with Gasteiger partial charge < -0.3 is 19.9 Å². The zero-order valence-electron chi connectivity index (χ0n) is 21.4. The number of fused-ring (bicyclic) bond motifs is 1. The van der Waals surface area contributed by atoms with Gasteiger partial charge in [-0.25, -0.2) is 0 Å². The molecule has 1 unspecified atom stereocenters. The quantitative estimate of drug-likeness (QED) is 0.379. The summed E-state index contributed by atoms with van der Waals surface area (Å²) in [6.07, 6.45) is 3.25. The molecule has 0 bridgehead atoms. The zero-order chi connectivity index (χ0) is 25.8. The van der Waals surface area contributed by atoms with Crippen molar-refractivity contribution in [1.29, 1.82) is 0 Å². The summed E-state index contributed by atoms with van der Waals surface area (Å²) >= 11 is 0. The maximum atomic E-state index is 14.0. The molecular weight excluding hydrogens is 462 g/mol. The van der Waals surface area contributed by atoms with Crippen molar-refractivity contribution in [2.45, 2.75) is 31.1 Å². The lowest BCUT2D eigenvalue weighted by Gasteiger charge is -2.41. The molecule has 0 spiro atoms. The third kappa shape index (κ3) is 4.84. The highest BCUT2D eigenvalue weighted by Gasteiger charge is 2.43. The van der Waals surface area contributed by atoms with Crippen molar-refractivity contribution in [3.63, 3.8) is 0 Å². The van der Waals surface area contributed by atoms with Crippen molar-refractivity contribution >= 4 is 22.7 Å². The summed E-state index contributed by atoms with van der Waals surface area (Å²) in [6.45, 7) is 3.19. The lowest BCUT2D eigenvalue weighted by molar-refractivity contribution is -0.135. The van der Waals surface area contributed by atoms with Gasteiger partial charge in [-0.15, -0.1) is 0 Å². The third-order valence-electron chi connectivity index (χ3n) is 7.80. The predicted molar refractivity (Wildman–Crippen MR) is 146 cm³/mol. The van der Waals surface area contributed by atoms with E-state index in [-0.39, 0.29) is 17.7 Å². The van der Waals surface area contributed by atoms with Crippen LogP contribution in [-0.2, 0) is 15.0 Å². The van der Waals surface area contributed by atoms with E-state index in [9.17, 15) is 9.59 Å². The highest BCUT2D eigenvalue weighted by molar-refractivity contribution is 5.89. The lowest BCUT2D eigenvalue weighted by atomic mass is 9.71. The number of likely N-dealkylation sites (tertiary alicyclic amines) is 1. The minimum Gasteiger partial charge on any atom is -0.497 e. The Balaban J connectivity index is 1.45. The summed E-state index contributed by atoms with van der Waals surface area (Å²) in [6, 6.07) is 26.3. The summed E-state index contributed by atoms with van der Waals surface area (Å²) in [5, 5.41) is 4.47. The highest BCUT2D eigenvalue weighted by Crippen LogP contribution is 2.37. The molecule has 1 aromatic heterocycles. The molecule has 4 aromatic rings. The Labute approximate surface area is 217 Å². The first-order valence-electron chi connectivity index (χ1n) is 12.8. The Hall–Kier alpha value is -4.06. The van der Waals surface area contributed by atoms with Crippen LogP contribution in [0.2, 0.25) is 0 Å². The van der Waals surface area contributed by atoms with Gasteiger partial charge in [-0.3, -0.25) is 9.59 Å². The molecule has 1 aliphatic rings. The normalized spacial score (nSPS) is 15.8. The average molecular weight is 496 g/mol. The van der Waals surface area contributed by atoms with E-state index in [2.05, 4.69) is 34.6 Å². The van der Waals surface area contributed by atoms with Crippen LogP contribution in [0, 0.1) is 0 Å². The number of hydrogen-bond donors (Lipinski definition) is 2. The molecule has 3 aromatic carbocycles. The highest BCUT2D eigenvalue weighted by atomic mass is 16.5. The topological polar surface area (TPSA) is 74.4 Å². The second-order valence-corrected chi connectivity index (χ2v) is 9.78. The number of benzene rings is 3. The van der Waals surface area contributed by atoms with Gasteiger partial charge in [0.25, 0.3) is 0 Å². The lowest BCUT2D eigenvalue weighted by Crippen LogP contribution is -2.53. The van der Waals surface area contributed by atoms with Crippen molar-refractivity contribution in [3.05, 3.63) is 102 Å². The van der Waals surface area contributed by atoms with Crippen LogP contribution in [0.4, 0.5) is 0 Å². The van der Waals surface area contributed by atoms with Crippen LogP contribution in [0.25, 0.3) is 10.9 Å².